The van der Waals surface area contributed by atoms with Crippen LogP contribution in [0.5, 0.6) is 5.75 Å². The summed E-state index contributed by atoms with van der Waals surface area (Å²) in [6, 6.07) is 5.73. The van der Waals surface area contributed by atoms with E-state index >= 15 is 0 Å². The molecule has 1 aliphatic heterocycles. The first-order chi connectivity index (χ1) is 16.3. The summed E-state index contributed by atoms with van der Waals surface area (Å²) in [5, 5.41) is 0. The number of benzene rings is 1. The number of alkyl halides is 3. The van der Waals surface area contributed by atoms with Gasteiger partial charge in [0.25, 0.3) is 0 Å². The smallest absolute Gasteiger partial charge is 0.406 e. The van der Waals surface area contributed by atoms with Crippen molar-refractivity contribution in [3.8, 4) is 17.0 Å². The number of likely N-dealkylation sites (tertiary alicyclic amines) is 1. The second-order valence-electron chi connectivity index (χ2n) is 8.00. The molecule has 0 unspecified atom stereocenters. The van der Waals surface area contributed by atoms with Gasteiger partial charge >= 0.3 is 6.36 Å². The van der Waals surface area contributed by atoms with Crippen molar-refractivity contribution < 1.29 is 22.7 Å². The van der Waals surface area contributed by atoms with E-state index in [1.165, 1.54) is 24.3 Å². The molecule has 176 valence electrons. The molecule has 1 amide bonds. The van der Waals surface area contributed by atoms with E-state index in [1.807, 2.05) is 0 Å². The zero-order valence-corrected chi connectivity index (χ0v) is 18.2. The van der Waals surface area contributed by atoms with Gasteiger partial charge in [-0.3, -0.25) is 9.78 Å². The lowest BCUT2D eigenvalue weighted by molar-refractivity contribution is -0.274. The highest BCUT2D eigenvalue weighted by Gasteiger charge is 2.31. The lowest BCUT2D eigenvalue weighted by atomic mass is 10.0. The molecule has 0 radical (unpaired) electrons. The van der Waals surface area contributed by atoms with Crippen molar-refractivity contribution in [2.75, 3.05) is 13.1 Å². The van der Waals surface area contributed by atoms with Crippen molar-refractivity contribution in [1.29, 1.82) is 0 Å². The zero-order chi connectivity index (χ0) is 24.1. The van der Waals surface area contributed by atoms with Crippen molar-refractivity contribution in [3.05, 3.63) is 78.8 Å². The topological polar surface area (TPSA) is 81.1 Å². The quantitative estimate of drug-likeness (QED) is 0.487. The Kier molecular flexibility index (Phi) is 6.85. The van der Waals surface area contributed by atoms with Gasteiger partial charge in [-0.25, -0.2) is 15.0 Å². The molecule has 0 bridgehead atoms. The van der Waals surface area contributed by atoms with Crippen LogP contribution < -0.4 is 4.74 Å². The summed E-state index contributed by atoms with van der Waals surface area (Å²) in [7, 11) is 0. The van der Waals surface area contributed by atoms with E-state index in [4.69, 9.17) is 0 Å². The van der Waals surface area contributed by atoms with Crippen molar-refractivity contribution in [2.45, 2.75) is 25.6 Å². The van der Waals surface area contributed by atoms with E-state index in [-0.39, 0.29) is 18.1 Å². The predicted molar refractivity (Wildman–Crippen MR) is 118 cm³/mol. The number of halogens is 3. The third-order valence-electron chi connectivity index (χ3n) is 5.45. The van der Waals surface area contributed by atoms with Crippen LogP contribution in [-0.4, -0.2) is 50.2 Å². The lowest BCUT2D eigenvalue weighted by Gasteiger charge is -2.14. The Morgan fingerprint density at radius 3 is 2.74 bits per heavy atom. The minimum absolute atomic E-state index is 0.0563. The van der Waals surface area contributed by atoms with Crippen LogP contribution in [0.4, 0.5) is 13.2 Å². The summed E-state index contributed by atoms with van der Waals surface area (Å²) in [6.45, 7) is 4.92. The van der Waals surface area contributed by atoms with Crippen LogP contribution in [0, 0.1) is 5.92 Å². The monoisotopic (exact) mass is 469 g/mol. The number of amides is 1. The molecule has 0 saturated carbocycles. The molecule has 3 heterocycles. The Bertz CT molecular complexity index is 1170. The van der Waals surface area contributed by atoms with Crippen LogP contribution in [0.3, 0.4) is 0 Å². The number of rotatable bonds is 7. The van der Waals surface area contributed by atoms with Gasteiger partial charge in [0.1, 0.15) is 11.6 Å². The van der Waals surface area contributed by atoms with Crippen LogP contribution in [0.1, 0.15) is 23.5 Å². The fourth-order valence-electron chi connectivity index (χ4n) is 3.88. The summed E-state index contributed by atoms with van der Waals surface area (Å²) in [4.78, 5) is 31.2. The molecule has 1 saturated heterocycles. The third-order valence-corrected chi connectivity index (χ3v) is 5.45. The molecule has 0 aliphatic carbocycles. The first-order valence-electron chi connectivity index (χ1n) is 10.7. The van der Waals surface area contributed by atoms with Crippen LogP contribution >= 0.6 is 0 Å². The van der Waals surface area contributed by atoms with Crippen LogP contribution in [0.2, 0.25) is 0 Å². The fraction of sp³-hybridized carbons (Fsp3) is 0.292. The van der Waals surface area contributed by atoms with Gasteiger partial charge in [0.05, 0.1) is 17.6 Å². The van der Waals surface area contributed by atoms with E-state index in [1.54, 1.807) is 35.8 Å². The molecule has 1 fully saturated rings. The highest BCUT2D eigenvalue weighted by molar-refractivity contribution is 5.87. The van der Waals surface area contributed by atoms with Gasteiger partial charge in [-0.15, -0.1) is 13.2 Å². The summed E-state index contributed by atoms with van der Waals surface area (Å²) in [5.41, 5.74) is 2.72. The second kappa shape index (κ2) is 9.98. The standard InChI is InChI=1S/C24H22F3N5O2/c1-2-23(33)32-7-6-17(15-32)8-19-13-28-14-21(31-19)18-11-29-22(30-12-18)10-16-4-3-5-20(9-16)34-24(25,26)27/h2-5,9,11-14,17H,1,6-8,10,15H2/t17-/m1/s1. The SMILES string of the molecule is C=CC(=O)N1CC[C@H](Cc2cncc(-c3cnc(Cc4cccc(OC(F)(F)F)c4)nc3)n2)C1. The number of hydrogen-bond donors (Lipinski definition) is 0. The fourth-order valence-corrected chi connectivity index (χ4v) is 3.88. The third kappa shape index (κ3) is 6.15. The summed E-state index contributed by atoms with van der Waals surface area (Å²) in [5.74, 6) is 0.422. The van der Waals surface area contributed by atoms with Gasteiger partial charge in [0.15, 0.2) is 0 Å². The molecule has 4 rings (SSSR count). The van der Waals surface area contributed by atoms with Gasteiger partial charge in [-0.1, -0.05) is 18.7 Å². The van der Waals surface area contributed by atoms with E-state index in [2.05, 4.69) is 31.3 Å². The van der Waals surface area contributed by atoms with Gasteiger partial charge in [0.2, 0.25) is 5.91 Å². The molecule has 3 aromatic rings. The number of hydrogen-bond acceptors (Lipinski definition) is 6. The molecule has 10 heteroatoms. The lowest BCUT2D eigenvalue weighted by Crippen LogP contribution is -2.26. The summed E-state index contributed by atoms with van der Waals surface area (Å²) in [6.07, 6.45) is 5.03. The molecule has 1 atom stereocenters. The average Bonchev–Trinajstić information content (AvgIpc) is 3.27. The van der Waals surface area contributed by atoms with Crippen LogP contribution in [0.15, 0.2) is 61.7 Å². The Morgan fingerprint density at radius 2 is 2.00 bits per heavy atom. The zero-order valence-electron chi connectivity index (χ0n) is 18.2. The summed E-state index contributed by atoms with van der Waals surface area (Å²) >= 11 is 0. The minimum atomic E-state index is -4.74. The van der Waals surface area contributed by atoms with Gasteiger partial charge in [-0.05, 0) is 42.5 Å². The number of aromatic nitrogens is 4. The largest absolute Gasteiger partial charge is 0.573 e. The number of carbonyl (C=O) groups excluding carboxylic acids is 1. The van der Waals surface area contributed by atoms with E-state index < -0.39 is 6.36 Å². The van der Waals surface area contributed by atoms with Crippen LogP contribution in [0.25, 0.3) is 11.3 Å². The Balaban J connectivity index is 1.40. The van der Waals surface area contributed by atoms with Gasteiger partial charge < -0.3 is 9.64 Å². The average molecular weight is 469 g/mol. The number of ether oxygens (including phenoxy) is 1. The molecule has 34 heavy (non-hydrogen) atoms. The first kappa shape index (κ1) is 23.3. The minimum Gasteiger partial charge on any atom is -0.406 e. The van der Waals surface area contributed by atoms with Crippen molar-refractivity contribution in [2.24, 2.45) is 5.92 Å². The normalized spacial score (nSPS) is 15.9. The molecule has 2 aromatic heterocycles. The van der Waals surface area contributed by atoms with E-state index in [0.717, 1.165) is 12.1 Å². The molecule has 7 nitrogen and oxygen atoms in total. The molecule has 0 N–H and O–H groups in total. The first-order valence-corrected chi connectivity index (χ1v) is 10.7. The maximum atomic E-state index is 12.4. The molecular weight excluding hydrogens is 447 g/mol. The van der Waals surface area contributed by atoms with Crippen LogP contribution in [-0.2, 0) is 17.6 Å². The van der Waals surface area contributed by atoms with Crippen molar-refractivity contribution in [1.82, 2.24) is 24.8 Å². The maximum absolute atomic E-state index is 12.4. The Morgan fingerprint density at radius 1 is 1.21 bits per heavy atom. The van der Waals surface area contributed by atoms with Crippen molar-refractivity contribution >= 4 is 5.91 Å². The summed E-state index contributed by atoms with van der Waals surface area (Å²) < 4.78 is 41.3. The molecule has 1 aromatic carbocycles. The Hall–Kier alpha value is -3.82. The Labute approximate surface area is 194 Å². The number of nitrogens with zero attached hydrogens (tertiary/aromatic N) is 5. The van der Waals surface area contributed by atoms with Crippen molar-refractivity contribution in [3.63, 3.8) is 0 Å². The molecular formula is C24H22F3N5O2. The highest BCUT2D eigenvalue weighted by Crippen LogP contribution is 2.25. The highest BCUT2D eigenvalue weighted by atomic mass is 19.4. The van der Waals surface area contributed by atoms with Gasteiger partial charge in [0, 0.05) is 43.7 Å². The van der Waals surface area contributed by atoms with E-state index in [9.17, 15) is 18.0 Å². The van der Waals surface area contributed by atoms with E-state index in [0.29, 0.717) is 48.1 Å². The molecule has 1 aliphatic rings. The predicted octanol–water partition coefficient (Wildman–Crippen LogP) is 4.00. The molecule has 0 spiro atoms. The second-order valence-corrected chi connectivity index (χ2v) is 8.00. The maximum Gasteiger partial charge on any atom is 0.573 e. The number of carbonyl (C=O) groups is 1. The van der Waals surface area contributed by atoms with Gasteiger partial charge in [-0.2, -0.15) is 0 Å².